The van der Waals surface area contributed by atoms with E-state index in [9.17, 15) is 0 Å². The van der Waals surface area contributed by atoms with Crippen LogP contribution in [-0.4, -0.2) is 8.07 Å². The van der Waals surface area contributed by atoms with E-state index in [2.05, 4.69) is 89.4 Å². The summed E-state index contributed by atoms with van der Waals surface area (Å²) in [5.74, 6) is 6.65. The molecule has 148 valence electrons. The second kappa shape index (κ2) is 7.21. The minimum absolute atomic E-state index is 0.802. The molecule has 2 saturated carbocycles. The molecule has 8 unspecified atom stereocenters. The van der Waals surface area contributed by atoms with E-state index in [0.29, 0.717) is 0 Å². The summed E-state index contributed by atoms with van der Waals surface area (Å²) in [4.78, 5) is 0. The molecular formula is C26H40Si. The maximum atomic E-state index is 2.79. The van der Waals surface area contributed by atoms with Crippen molar-refractivity contribution >= 4 is 8.07 Å². The Hall–Kier alpha value is -0.823. The third kappa shape index (κ3) is 3.18. The van der Waals surface area contributed by atoms with Gasteiger partial charge in [-0.2, -0.15) is 0 Å². The lowest BCUT2D eigenvalue weighted by Gasteiger charge is -2.48. The lowest BCUT2D eigenvalue weighted by Crippen LogP contribution is -2.47. The Balaban J connectivity index is 1.73. The molecule has 0 aromatic rings. The molecule has 27 heavy (non-hydrogen) atoms. The minimum Gasteiger partial charge on any atom is -0.0808 e. The van der Waals surface area contributed by atoms with Crippen molar-refractivity contribution in [1.29, 1.82) is 0 Å². The molecule has 0 bridgehead atoms. The molecule has 4 rings (SSSR count). The topological polar surface area (TPSA) is 0 Å². The minimum atomic E-state index is -1.48. The van der Waals surface area contributed by atoms with E-state index in [1.807, 2.05) is 0 Å². The third-order valence-electron chi connectivity index (χ3n) is 8.87. The van der Waals surface area contributed by atoms with Gasteiger partial charge in [0.2, 0.25) is 0 Å². The van der Waals surface area contributed by atoms with Crippen LogP contribution in [0.1, 0.15) is 40.5 Å². The van der Waals surface area contributed by atoms with Crippen molar-refractivity contribution in [2.45, 2.75) is 64.7 Å². The van der Waals surface area contributed by atoms with Gasteiger partial charge in [-0.3, -0.25) is 0 Å². The lowest BCUT2D eigenvalue weighted by atomic mass is 9.91. The first-order valence-electron chi connectivity index (χ1n) is 11.5. The highest BCUT2D eigenvalue weighted by molar-refractivity contribution is 6.80. The number of allylic oxidation sites excluding steroid dienone is 8. The molecule has 8 atom stereocenters. The summed E-state index contributed by atoms with van der Waals surface area (Å²) in [5.41, 5.74) is 1.88. The van der Waals surface area contributed by atoms with E-state index in [-0.39, 0.29) is 0 Å². The van der Waals surface area contributed by atoms with Gasteiger partial charge in [-0.05, 0) is 71.3 Å². The van der Waals surface area contributed by atoms with Crippen LogP contribution in [0.25, 0.3) is 0 Å². The molecule has 0 N–H and O–H groups in total. The smallest absolute Gasteiger partial charge is 0.0553 e. The number of fused-ring (bicyclic) bond motifs is 2. The molecule has 0 nitrogen and oxygen atoms in total. The SMILES string of the molecule is CC(C)C1CC2C=CC=CC2C1[Si](C)(C)C1C2C=CC=CC2CC1C(C)C. The van der Waals surface area contributed by atoms with E-state index in [4.69, 9.17) is 0 Å². The molecule has 0 radical (unpaired) electrons. The van der Waals surface area contributed by atoms with Gasteiger partial charge in [-0.25, -0.2) is 0 Å². The molecular weight excluding hydrogens is 340 g/mol. The molecule has 0 aromatic heterocycles. The fraction of sp³-hybridized carbons (Fsp3) is 0.692. The maximum absolute atomic E-state index is 2.79. The Morgan fingerprint density at radius 1 is 0.630 bits per heavy atom. The molecule has 0 aliphatic heterocycles. The monoisotopic (exact) mass is 380 g/mol. The summed E-state index contributed by atoms with van der Waals surface area (Å²) in [6.45, 7) is 15.6. The van der Waals surface area contributed by atoms with Gasteiger partial charge < -0.3 is 0 Å². The highest BCUT2D eigenvalue weighted by Crippen LogP contribution is 2.64. The van der Waals surface area contributed by atoms with Crippen LogP contribution in [0, 0.1) is 47.3 Å². The van der Waals surface area contributed by atoms with Gasteiger partial charge >= 0.3 is 0 Å². The fourth-order valence-corrected chi connectivity index (χ4v) is 14.2. The van der Waals surface area contributed by atoms with Gasteiger partial charge in [0.15, 0.2) is 0 Å². The normalized spacial score (nSPS) is 43.0. The Morgan fingerprint density at radius 2 is 1.00 bits per heavy atom. The molecule has 0 heterocycles. The van der Waals surface area contributed by atoms with Crippen molar-refractivity contribution in [1.82, 2.24) is 0 Å². The summed E-state index contributed by atoms with van der Waals surface area (Å²) in [6.07, 6.45) is 22.4. The Labute approximate surface area is 168 Å². The molecule has 0 amide bonds. The van der Waals surface area contributed by atoms with E-state index in [1.54, 1.807) is 0 Å². The molecule has 0 spiro atoms. The fourth-order valence-electron chi connectivity index (χ4n) is 7.77. The largest absolute Gasteiger partial charge is 0.0808 e. The number of hydrogen-bond donors (Lipinski definition) is 0. The summed E-state index contributed by atoms with van der Waals surface area (Å²) in [6, 6.07) is 0. The zero-order chi connectivity index (χ0) is 19.3. The Kier molecular flexibility index (Phi) is 5.21. The first-order chi connectivity index (χ1) is 12.8. The van der Waals surface area contributed by atoms with Crippen LogP contribution in [-0.2, 0) is 0 Å². The van der Waals surface area contributed by atoms with Gasteiger partial charge in [-0.1, -0.05) is 89.4 Å². The lowest BCUT2D eigenvalue weighted by molar-refractivity contribution is 0.351. The molecule has 4 aliphatic rings. The van der Waals surface area contributed by atoms with Crippen molar-refractivity contribution in [3.8, 4) is 0 Å². The molecule has 2 fully saturated rings. The summed E-state index contributed by atoms with van der Waals surface area (Å²) in [5, 5.41) is 0. The van der Waals surface area contributed by atoms with E-state index >= 15 is 0 Å². The van der Waals surface area contributed by atoms with Gasteiger partial charge in [0.05, 0.1) is 8.07 Å². The summed E-state index contributed by atoms with van der Waals surface area (Å²) in [7, 11) is -1.48. The van der Waals surface area contributed by atoms with Gasteiger partial charge in [-0.15, -0.1) is 0 Å². The van der Waals surface area contributed by atoms with Crippen LogP contribution in [0.3, 0.4) is 0 Å². The quantitative estimate of drug-likeness (QED) is 0.443. The van der Waals surface area contributed by atoms with Crippen molar-refractivity contribution in [2.24, 2.45) is 47.3 Å². The molecule has 0 saturated heterocycles. The molecule has 0 aromatic carbocycles. The summed E-state index contributed by atoms with van der Waals surface area (Å²) < 4.78 is 0. The van der Waals surface area contributed by atoms with Crippen molar-refractivity contribution in [3.63, 3.8) is 0 Å². The molecule has 4 aliphatic carbocycles. The average Bonchev–Trinajstić information content (AvgIpc) is 3.21. The first kappa shape index (κ1) is 19.5. The standard InChI is InChI=1S/C26H40Si/c1-17(2)23-15-19-11-7-9-13-21(19)25(23)27(5,6)26-22-14-10-8-12-20(22)16-24(26)18(3)4/h7-14,17-26H,15-16H2,1-6H3. The predicted molar refractivity (Wildman–Crippen MR) is 121 cm³/mol. The summed E-state index contributed by atoms with van der Waals surface area (Å²) >= 11 is 0. The second-order valence-corrected chi connectivity index (χ2v) is 16.2. The average molecular weight is 381 g/mol. The zero-order valence-corrected chi connectivity index (χ0v) is 19.3. The Bertz CT molecular complexity index is 606. The number of rotatable bonds is 4. The van der Waals surface area contributed by atoms with Gasteiger partial charge in [0.25, 0.3) is 0 Å². The zero-order valence-electron chi connectivity index (χ0n) is 18.3. The van der Waals surface area contributed by atoms with Crippen LogP contribution >= 0.6 is 0 Å². The van der Waals surface area contributed by atoms with Crippen molar-refractivity contribution in [3.05, 3.63) is 48.6 Å². The highest BCUT2D eigenvalue weighted by Gasteiger charge is 2.58. The maximum Gasteiger partial charge on any atom is 0.0553 e. The first-order valence-corrected chi connectivity index (χ1v) is 14.7. The van der Waals surface area contributed by atoms with Crippen LogP contribution in [0.2, 0.25) is 24.2 Å². The van der Waals surface area contributed by atoms with E-state index in [1.165, 1.54) is 12.8 Å². The second-order valence-electron chi connectivity index (χ2n) is 11.2. The van der Waals surface area contributed by atoms with Crippen LogP contribution in [0.4, 0.5) is 0 Å². The van der Waals surface area contributed by atoms with Crippen LogP contribution in [0.15, 0.2) is 48.6 Å². The van der Waals surface area contributed by atoms with E-state index < -0.39 is 8.07 Å². The highest BCUT2D eigenvalue weighted by atomic mass is 28.3. The van der Waals surface area contributed by atoms with Crippen LogP contribution in [0.5, 0.6) is 0 Å². The molecule has 1 heteroatoms. The predicted octanol–water partition coefficient (Wildman–Crippen LogP) is 7.50. The van der Waals surface area contributed by atoms with E-state index in [0.717, 1.165) is 58.4 Å². The van der Waals surface area contributed by atoms with Gasteiger partial charge in [0, 0.05) is 0 Å². The Morgan fingerprint density at radius 3 is 1.37 bits per heavy atom. The van der Waals surface area contributed by atoms with Crippen LogP contribution < -0.4 is 0 Å². The third-order valence-corrected chi connectivity index (χ3v) is 13.9. The van der Waals surface area contributed by atoms with Crippen molar-refractivity contribution < 1.29 is 0 Å². The number of hydrogen-bond acceptors (Lipinski definition) is 0. The van der Waals surface area contributed by atoms with Gasteiger partial charge in [0.1, 0.15) is 0 Å². The van der Waals surface area contributed by atoms with Crippen molar-refractivity contribution in [2.75, 3.05) is 0 Å².